The number of benzene rings is 2. The third-order valence-corrected chi connectivity index (χ3v) is 6.23. The van der Waals surface area contributed by atoms with Crippen LogP contribution in [-0.2, 0) is 22.9 Å². The molecule has 0 bridgehead atoms. The molecule has 1 aliphatic heterocycles. The highest BCUT2D eigenvalue weighted by atomic mass is 79.9. The zero-order chi connectivity index (χ0) is 19.1. The molecule has 0 atom stereocenters. The molecule has 1 aliphatic rings. The summed E-state index contributed by atoms with van der Waals surface area (Å²) in [6.45, 7) is 4.43. The molecule has 1 N–H and O–H groups in total. The van der Waals surface area contributed by atoms with Gasteiger partial charge in [-0.25, -0.2) is 8.42 Å². The third-order valence-electron chi connectivity index (χ3n) is 4.60. The Morgan fingerprint density at radius 1 is 1.27 bits per heavy atom. The van der Waals surface area contributed by atoms with E-state index in [1.54, 1.807) is 18.2 Å². The number of fused-ring (bicyclic) bond motifs is 1. The van der Waals surface area contributed by atoms with Gasteiger partial charge in [0.15, 0.2) is 0 Å². The molecule has 0 radical (unpaired) electrons. The van der Waals surface area contributed by atoms with Crippen LogP contribution in [-0.4, -0.2) is 27.1 Å². The lowest BCUT2D eigenvalue weighted by Crippen LogP contribution is -2.27. The number of amides is 1. The highest BCUT2D eigenvalue weighted by Crippen LogP contribution is 2.31. The fourth-order valence-electron chi connectivity index (χ4n) is 3.31. The van der Waals surface area contributed by atoms with E-state index in [1.807, 2.05) is 26.0 Å². The van der Waals surface area contributed by atoms with Crippen LogP contribution in [0.3, 0.4) is 0 Å². The van der Waals surface area contributed by atoms with Gasteiger partial charge in [0.05, 0.1) is 11.9 Å². The Bertz CT molecular complexity index is 987. The summed E-state index contributed by atoms with van der Waals surface area (Å²) >= 11 is 3.49. The van der Waals surface area contributed by atoms with Crippen LogP contribution < -0.4 is 9.62 Å². The highest BCUT2D eigenvalue weighted by Gasteiger charge is 2.26. The SMILES string of the molecule is CCc1cc(Br)cc(C)c1NC(=O)c1ccc2c(c1)CCN2S(C)(=O)=O. The first-order chi connectivity index (χ1) is 12.2. The molecule has 2 aromatic rings. The van der Waals surface area contributed by atoms with E-state index in [0.717, 1.165) is 33.3 Å². The molecule has 0 spiro atoms. The van der Waals surface area contributed by atoms with Gasteiger partial charge in [0, 0.05) is 22.3 Å². The highest BCUT2D eigenvalue weighted by molar-refractivity contribution is 9.10. The Hall–Kier alpha value is -1.86. The number of aryl methyl sites for hydroxylation is 2. The Morgan fingerprint density at radius 3 is 2.65 bits per heavy atom. The Labute approximate surface area is 162 Å². The molecule has 2 aromatic carbocycles. The molecule has 1 amide bonds. The van der Waals surface area contributed by atoms with Crippen molar-refractivity contribution in [1.29, 1.82) is 0 Å². The fourth-order valence-corrected chi connectivity index (χ4v) is 4.89. The van der Waals surface area contributed by atoms with E-state index in [0.29, 0.717) is 24.2 Å². The minimum Gasteiger partial charge on any atom is -0.321 e. The molecule has 26 heavy (non-hydrogen) atoms. The second kappa shape index (κ2) is 7.04. The van der Waals surface area contributed by atoms with Gasteiger partial charge in [0.1, 0.15) is 0 Å². The Balaban J connectivity index is 1.89. The summed E-state index contributed by atoms with van der Waals surface area (Å²) in [5, 5.41) is 3.01. The molecule has 0 aliphatic carbocycles. The van der Waals surface area contributed by atoms with Gasteiger partial charge in [-0.2, -0.15) is 0 Å². The topological polar surface area (TPSA) is 66.5 Å². The molecule has 0 fully saturated rings. The van der Waals surface area contributed by atoms with Crippen molar-refractivity contribution in [2.45, 2.75) is 26.7 Å². The van der Waals surface area contributed by atoms with Crippen molar-refractivity contribution >= 4 is 43.2 Å². The molecule has 0 aromatic heterocycles. The number of carbonyl (C=O) groups is 1. The molecule has 1 heterocycles. The lowest BCUT2D eigenvalue weighted by molar-refractivity contribution is 0.102. The van der Waals surface area contributed by atoms with Gasteiger partial charge in [-0.15, -0.1) is 0 Å². The lowest BCUT2D eigenvalue weighted by atomic mass is 10.0. The second-order valence-electron chi connectivity index (χ2n) is 6.49. The Morgan fingerprint density at radius 2 is 2.00 bits per heavy atom. The van der Waals surface area contributed by atoms with Gasteiger partial charge in [0.2, 0.25) is 10.0 Å². The van der Waals surface area contributed by atoms with Gasteiger partial charge < -0.3 is 5.32 Å². The standard InChI is InChI=1S/C19H21BrN2O3S/c1-4-13-11-16(20)9-12(2)18(13)21-19(23)15-5-6-17-14(10-15)7-8-22(17)26(3,24)25/h5-6,9-11H,4,7-8H2,1-3H3,(H,21,23). The summed E-state index contributed by atoms with van der Waals surface area (Å²) in [6.07, 6.45) is 2.62. The predicted octanol–water partition coefficient (Wildman–Crippen LogP) is 3.89. The number of halogens is 1. The van der Waals surface area contributed by atoms with Crippen LogP contribution in [0.5, 0.6) is 0 Å². The third kappa shape index (κ3) is 3.64. The number of rotatable bonds is 4. The number of hydrogen-bond acceptors (Lipinski definition) is 3. The van der Waals surface area contributed by atoms with Crippen molar-refractivity contribution in [2.24, 2.45) is 0 Å². The molecular formula is C19H21BrN2O3S. The molecule has 5 nitrogen and oxygen atoms in total. The maximum Gasteiger partial charge on any atom is 0.255 e. The first-order valence-electron chi connectivity index (χ1n) is 8.41. The van der Waals surface area contributed by atoms with Crippen LogP contribution in [0.1, 0.15) is 34.0 Å². The first-order valence-corrected chi connectivity index (χ1v) is 11.1. The van der Waals surface area contributed by atoms with Gasteiger partial charge in [0.25, 0.3) is 5.91 Å². The van der Waals surface area contributed by atoms with Crippen LogP contribution >= 0.6 is 15.9 Å². The van der Waals surface area contributed by atoms with Crippen LogP contribution in [0.15, 0.2) is 34.8 Å². The number of nitrogens with one attached hydrogen (secondary N) is 1. The number of carbonyl (C=O) groups excluding carboxylic acids is 1. The fraction of sp³-hybridized carbons (Fsp3) is 0.316. The van der Waals surface area contributed by atoms with Gasteiger partial charge in [-0.1, -0.05) is 22.9 Å². The quantitative estimate of drug-likeness (QED) is 0.789. The zero-order valence-electron chi connectivity index (χ0n) is 15.0. The minimum absolute atomic E-state index is 0.189. The summed E-state index contributed by atoms with van der Waals surface area (Å²) in [4.78, 5) is 12.7. The number of sulfonamides is 1. The molecule has 0 saturated heterocycles. The molecular weight excluding hydrogens is 416 g/mol. The van der Waals surface area contributed by atoms with E-state index in [2.05, 4.69) is 21.2 Å². The van der Waals surface area contributed by atoms with E-state index >= 15 is 0 Å². The first kappa shape index (κ1) is 18.9. The predicted molar refractivity (Wildman–Crippen MR) is 109 cm³/mol. The molecule has 3 rings (SSSR count). The average molecular weight is 437 g/mol. The summed E-state index contributed by atoms with van der Waals surface area (Å²) in [6, 6.07) is 9.16. The average Bonchev–Trinajstić information content (AvgIpc) is 3.00. The summed E-state index contributed by atoms with van der Waals surface area (Å²) < 4.78 is 26.0. The number of anilines is 2. The van der Waals surface area contributed by atoms with E-state index in [4.69, 9.17) is 0 Å². The van der Waals surface area contributed by atoms with Gasteiger partial charge in [-0.3, -0.25) is 9.10 Å². The Kier molecular flexibility index (Phi) is 5.12. The smallest absolute Gasteiger partial charge is 0.255 e. The number of hydrogen-bond donors (Lipinski definition) is 1. The summed E-state index contributed by atoms with van der Waals surface area (Å²) in [5.74, 6) is -0.189. The summed E-state index contributed by atoms with van der Waals surface area (Å²) in [7, 11) is -3.29. The van der Waals surface area contributed by atoms with Crippen molar-refractivity contribution in [3.63, 3.8) is 0 Å². The van der Waals surface area contributed by atoms with Crippen LogP contribution in [0.25, 0.3) is 0 Å². The largest absolute Gasteiger partial charge is 0.321 e. The number of nitrogens with zero attached hydrogens (tertiary/aromatic N) is 1. The van der Waals surface area contributed by atoms with Crippen molar-refractivity contribution in [1.82, 2.24) is 0 Å². The minimum atomic E-state index is -3.29. The normalized spacial score (nSPS) is 13.6. The van der Waals surface area contributed by atoms with Crippen molar-refractivity contribution in [3.05, 3.63) is 57.1 Å². The summed E-state index contributed by atoms with van der Waals surface area (Å²) in [5.41, 5.74) is 4.97. The monoisotopic (exact) mass is 436 g/mol. The molecule has 138 valence electrons. The van der Waals surface area contributed by atoms with E-state index < -0.39 is 10.0 Å². The molecule has 0 unspecified atom stereocenters. The second-order valence-corrected chi connectivity index (χ2v) is 9.32. The molecule has 0 saturated carbocycles. The van der Waals surface area contributed by atoms with E-state index in [-0.39, 0.29) is 5.91 Å². The maximum absolute atomic E-state index is 12.7. The van der Waals surface area contributed by atoms with E-state index in [9.17, 15) is 13.2 Å². The van der Waals surface area contributed by atoms with Crippen molar-refractivity contribution in [3.8, 4) is 0 Å². The van der Waals surface area contributed by atoms with Crippen LogP contribution in [0.2, 0.25) is 0 Å². The maximum atomic E-state index is 12.7. The zero-order valence-corrected chi connectivity index (χ0v) is 17.4. The lowest BCUT2D eigenvalue weighted by Gasteiger charge is -2.17. The van der Waals surface area contributed by atoms with Crippen molar-refractivity contribution in [2.75, 3.05) is 22.4 Å². The van der Waals surface area contributed by atoms with Gasteiger partial charge >= 0.3 is 0 Å². The van der Waals surface area contributed by atoms with Crippen LogP contribution in [0.4, 0.5) is 11.4 Å². The van der Waals surface area contributed by atoms with E-state index in [1.165, 1.54) is 10.6 Å². The van der Waals surface area contributed by atoms with Crippen molar-refractivity contribution < 1.29 is 13.2 Å². The van der Waals surface area contributed by atoms with Gasteiger partial charge in [-0.05, 0) is 66.8 Å². The van der Waals surface area contributed by atoms with Crippen LogP contribution in [0, 0.1) is 6.92 Å². The molecule has 7 heteroatoms.